The molecule has 34 heavy (non-hydrogen) atoms. The summed E-state index contributed by atoms with van der Waals surface area (Å²) in [6, 6.07) is 0. The van der Waals surface area contributed by atoms with Crippen LogP contribution in [0.2, 0.25) is 0 Å². The normalized spacial score (nSPS) is 54.1. The fourth-order valence-corrected chi connectivity index (χ4v) is 9.79. The first-order chi connectivity index (χ1) is 15.8. The first kappa shape index (κ1) is 24.7. The molecule has 0 heterocycles. The van der Waals surface area contributed by atoms with Crippen molar-refractivity contribution in [1.29, 1.82) is 0 Å². The van der Waals surface area contributed by atoms with Crippen LogP contribution >= 0.6 is 0 Å². The summed E-state index contributed by atoms with van der Waals surface area (Å²) in [5.41, 5.74) is -0.763. The fourth-order valence-electron chi connectivity index (χ4n) is 9.79. The predicted octanol–water partition coefficient (Wildman–Crippen LogP) is 3.37. The van der Waals surface area contributed by atoms with Gasteiger partial charge in [0.1, 0.15) is 5.41 Å². The van der Waals surface area contributed by atoms with Crippen LogP contribution in [0.15, 0.2) is 11.6 Å². The molecular weight excluding hydrogens is 432 g/mol. The second-order valence-electron chi connectivity index (χ2n) is 13.8. The number of carboxylic acids is 1. The number of aliphatic hydroxyl groups is 4. The molecule has 0 aromatic heterocycles. The van der Waals surface area contributed by atoms with E-state index in [4.69, 9.17) is 0 Å². The van der Waals surface area contributed by atoms with E-state index in [2.05, 4.69) is 26.8 Å². The molecule has 192 valence electrons. The first-order valence-corrected chi connectivity index (χ1v) is 13.4. The number of hydrogen-bond donors (Lipinski definition) is 5. The summed E-state index contributed by atoms with van der Waals surface area (Å²) in [4.78, 5) is 12.7. The Hall–Kier alpha value is -0.950. The number of allylic oxidation sites excluding steroid dienone is 2. The third kappa shape index (κ3) is 3.10. The largest absolute Gasteiger partial charge is 0.481 e. The topological polar surface area (TPSA) is 118 Å². The monoisotopic (exact) mass is 476 g/mol. The van der Waals surface area contributed by atoms with E-state index in [9.17, 15) is 30.3 Å². The Morgan fingerprint density at radius 1 is 1.00 bits per heavy atom. The van der Waals surface area contributed by atoms with Gasteiger partial charge in [0.15, 0.2) is 0 Å². The Morgan fingerprint density at radius 2 is 1.68 bits per heavy atom. The second kappa shape index (κ2) is 7.77. The molecule has 4 fully saturated rings. The standard InChI is InChI=1S/C28H44O6/c1-25(2)9-10-28(24(33)34)20(12-25)19-6-5-15-16-11-21(30)23(32)27(4,14-29)18(16)8-7-17(15)26(19,3)13-22(28)31/h6,15-18,20-23,29-32H,5,7-14H2,1-4H3,(H,33,34)/t15?,16?,17?,18?,20?,21-,22+,23-,26-,27-,28+/m0/s1. The minimum atomic E-state index is -1.09. The van der Waals surface area contributed by atoms with Gasteiger partial charge in [0.25, 0.3) is 0 Å². The molecule has 6 nitrogen and oxygen atoms in total. The van der Waals surface area contributed by atoms with Crippen LogP contribution in [-0.4, -0.2) is 56.4 Å². The molecule has 5 rings (SSSR count). The van der Waals surface area contributed by atoms with Crippen LogP contribution in [0.1, 0.15) is 79.1 Å². The summed E-state index contributed by atoms with van der Waals surface area (Å²) in [6.45, 7) is 8.47. The van der Waals surface area contributed by atoms with Gasteiger partial charge < -0.3 is 25.5 Å². The molecule has 0 saturated heterocycles. The Morgan fingerprint density at radius 3 is 2.32 bits per heavy atom. The third-order valence-electron chi connectivity index (χ3n) is 11.8. The van der Waals surface area contributed by atoms with Crippen LogP contribution < -0.4 is 0 Å². The minimum Gasteiger partial charge on any atom is -0.481 e. The van der Waals surface area contributed by atoms with Crippen LogP contribution in [0.4, 0.5) is 0 Å². The molecule has 0 aromatic carbocycles. The number of aliphatic hydroxyl groups excluding tert-OH is 4. The Kier molecular flexibility index (Phi) is 5.65. The highest BCUT2D eigenvalue weighted by Crippen LogP contribution is 2.69. The van der Waals surface area contributed by atoms with Crippen molar-refractivity contribution in [2.24, 2.45) is 51.2 Å². The Balaban J connectivity index is 1.55. The predicted molar refractivity (Wildman–Crippen MR) is 128 cm³/mol. The number of fused-ring (bicyclic) bond motifs is 7. The van der Waals surface area contributed by atoms with Crippen molar-refractivity contribution in [1.82, 2.24) is 0 Å². The summed E-state index contributed by atoms with van der Waals surface area (Å²) in [7, 11) is 0. The lowest BCUT2D eigenvalue weighted by molar-refractivity contribution is -0.198. The highest BCUT2D eigenvalue weighted by Gasteiger charge is 2.67. The van der Waals surface area contributed by atoms with E-state index in [-0.39, 0.29) is 35.2 Å². The first-order valence-electron chi connectivity index (χ1n) is 13.4. The number of rotatable bonds is 2. The van der Waals surface area contributed by atoms with Gasteiger partial charge in [-0.3, -0.25) is 4.79 Å². The molecule has 5 unspecified atom stereocenters. The minimum absolute atomic E-state index is 0.0451. The van der Waals surface area contributed by atoms with Gasteiger partial charge in [-0.15, -0.1) is 0 Å². The van der Waals surface area contributed by atoms with Gasteiger partial charge in [-0.05, 0) is 91.8 Å². The summed E-state index contributed by atoms with van der Waals surface area (Å²) >= 11 is 0. The van der Waals surface area contributed by atoms with Crippen LogP contribution in [0.5, 0.6) is 0 Å². The second-order valence-corrected chi connectivity index (χ2v) is 13.8. The van der Waals surface area contributed by atoms with Gasteiger partial charge in [0, 0.05) is 5.41 Å². The van der Waals surface area contributed by atoms with Crippen molar-refractivity contribution < 1.29 is 30.3 Å². The number of carboxylic acid groups (broad SMARTS) is 1. The molecule has 0 amide bonds. The van der Waals surface area contributed by atoms with E-state index < -0.39 is 35.1 Å². The number of hydrogen-bond acceptors (Lipinski definition) is 5. The van der Waals surface area contributed by atoms with Crippen molar-refractivity contribution >= 4 is 5.97 Å². The number of aliphatic carboxylic acids is 1. The summed E-state index contributed by atoms with van der Waals surface area (Å²) in [6.07, 6.45) is 5.50. The van der Waals surface area contributed by atoms with Crippen LogP contribution in [-0.2, 0) is 4.79 Å². The quantitative estimate of drug-likeness (QED) is 0.390. The Labute approximate surface area is 203 Å². The maximum Gasteiger partial charge on any atom is 0.312 e. The smallest absolute Gasteiger partial charge is 0.312 e. The lowest BCUT2D eigenvalue weighted by atomic mass is 9.40. The van der Waals surface area contributed by atoms with Crippen LogP contribution in [0, 0.1) is 51.2 Å². The molecule has 0 spiro atoms. The van der Waals surface area contributed by atoms with Gasteiger partial charge in [0.2, 0.25) is 0 Å². The average Bonchev–Trinajstić information content (AvgIpc) is 2.76. The van der Waals surface area contributed by atoms with E-state index in [1.54, 1.807) is 0 Å². The average molecular weight is 477 g/mol. The molecule has 0 aliphatic heterocycles. The SMILES string of the molecule is CC1(C)CC[C@@]2(C(=O)O)C(C1)C1=CCC3C4C[C@H](O)[C@H](O)[C@@](C)(CO)C4CCC3[C@]1(C)C[C@H]2O. The van der Waals surface area contributed by atoms with Gasteiger partial charge in [0.05, 0.1) is 24.9 Å². The molecule has 0 radical (unpaired) electrons. The molecule has 0 bridgehead atoms. The van der Waals surface area contributed by atoms with Gasteiger partial charge in [-0.1, -0.05) is 39.3 Å². The summed E-state index contributed by atoms with van der Waals surface area (Å²) in [5, 5.41) is 53.6. The van der Waals surface area contributed by atoms with Crippen LogP contribution in [0.3, 0.4) is 0 Å². The highest BCUT2D eigenvalue weighted by molar-refractivity contribution is 5.77. The summed E-state index contributed by atoms with van der Waals surface area (Å²) < 4.78 is 0. The molecule has 6 heteroatoms. The maximum absolute atomic E-state index is 12.7. The fraction of sp³-hybridized carbons (Fsp3) is 0.893. The van der Waals surface area contributed by atoms with Crippen molar-refractivity contribution in [3.63, 3.8) is 0 Å². The molecule has 5 N–H and O–H groups in total. The lowest BCUT2D eigenvalue weighted by Crippen LogP contribution is -2.64. The van der Waals surface area contributed by atoms with Crippen molar-refractivity contribution in [3.05, 3.63) is 11.6 Å². The van der Waals surface area contributed by atoms with E-state index in [1.165, 1.54) is 5.57 Å². The zero-order valence-corrected chi connectivity index (χ0v) is 21.2. The molecular formula is C28H44O6. The molecule has 4 saturated carbocycles. The van der Waals surface area contributed by atoms with Gasteiger partial charge in [-0.2, -0.15) is 0 Å². The zero-order chi connectivity index (χ0) is 24.8. The van der Waals surface area contributed by atoms with Gasteiger partial charge >= 0.3 is 5.97 Å². The van der Waals surface area contributed by atoms with Crippen LogP contribution in [0.25, 0.3) is 0 Å². The Bertz CT molecular complexity index is 882. The lowest BCUT2D eigenvalue weighted by Gasteiger charge is -2.65. The van der Waals surface area contributed by atoms with E-state index >= 15 is 0 Å². The zero-order valence-electron chi connectivity index (χ0n) is 21.2. The molecule has 5 aliphatic carbocycles. The van der Waals surface area contributed by atoms with Gasteiger partial charge in [-0.25, -0.2) is 0 Å². The third-order valence-corrected chi connectivity index (χ3v) is 11.8. The summed E-state index contributed by atoms with van der Waals surface area (Å²) in [5.74, 6) is -0.0294. The maximum atomic E-state index is 12.7. The van der Waals surface area contributed by atoms with Crippen molar-refractivity contribution in [2.75, 3.05) is 6.61 Å². The van der Waals surface area contributed by atoms with Crippen molar-refractivity contribution in [3.8, 4) is 0 Å². The van der Waals surface area contributed by atoms with Crippen molar-refractivity contribution in [2.45, 2.75) is 97.4 Å². The number of carbonyl (C=O) groups is 1. The highest BCUT2D eigenvalue weighted by atomic mass is 16.4. The van der Waals surface area contributed by atoms with E-state index in [1.807, 2.05) is 6.92 Å². The van der Waals surface area contributed by atoms with E-state index in [0.29, 0.717) is 31.1 Å². The molecule has 11 atom stereocenters. The van der Waals surface area contributed by atoms with E-state index in [0.717, 1.165) is 32.1 Å². The molecule has 0 aromatic rings. The molecule has 5 aliphatic rings.